The predicted octanol–water partition coefficient (Wildman–Crippen LogP) is 1.49. The maximum Gasteiger partial charge on any atom is 0.0658 e. The van der Waals surface area contributed by atoms with Gasteiger partial charge in [-0.3, -0.25) is 4.90 Å². The Morgan fingerprint density at radius 1 is 1.14 bits per heavy atom. The van der Waals surface area contributed by atoms with E-state index >= 15 is 0 Å². The fourth-order valence-corrected chi connectivity index (χ4v) is 1.86. The smallest absolute Gasteiger partial charge is 0.0658 e. The molecule has 2 heteroatoms. The van der Waals surface area contributed by atoms with Crippen molar-refractivity contribution >= 4 is 0 Å². The predicted molar refractivity (Wildman–Crippen MR) is 58.9 cm³/mol. The van der Waals surface area contributed by atoms with Crippen molar-refractivity contribution in [3.63, 3.8) is 0 Å². The van der Waals surface area contributed by atoms with Crippen LogP contribution in [0.4, 0.5) is 0 Å². The van der Waals surface area contributed by atoms with Crippen molar-refractivity contribution in [2.45, 2.75) is 6.92 Å². The molecule has 1 saturated heterocycles. The van der Waals surface area contributed by atoms with Gasteiger partial charge < -0.3 is 5.32 Å². The third kappa shape index (κ3) is 2.14. The second-order valence-electron chi connectivity index (χ2n) is 3.69. The lowest BCUT2D eigenvalue weighted by atomic mass is 10.1. The average molecular weight is 189 g/mol. The molecule has 14 heavy (non-hydrogen) atoms. The largest absolute Gasteiger partial charge is 0.314 e. The lowest BCUT2D eigenvalue weighted by molar-refractivity contribution is 0.265. The molecule has 0 atom stereocenters. The van der Waals surface area contributed by atoms with Crippen LogP contribution in [-0.4, -0.2) is 31.1 Å². The van der Waals surface area contributed by atoms with Crippen LogP contribution in [0.25, 0.3) is 0 Å². The molecule has 1 aliphatic rings. The number of hydrogen-bond donors (Lipinski definition) is 1. The first-order valence-corrected chi connectivity index (χ1v) is 5.22. The average Bonchev–Trinajstić information content (AvgIpc) is 2.30. The second kappa shape index (κ2) is 4.58. The second-order valence-corrected chi connectivity index (χ2v) is 3.69. The molecule has 1 fully saturated rings. The maximum atomic E-state index is 3.37. The minimum atomic E-state index is 1.10. The van der Waals surface area contributed by atoms with Gasteiger partial charge in [0.2, 0.25) is 0 Å². The van der Waals surface area contributed by atoms with Crippen LogP contribution in [0.5, 0.6) is 0 Å². The molecule has 1 aromatic carbocycles. The van der Waals surface area contributed by atoms with Gasteiger partial charge in [-0.2, -0.15) is 0 Å². The molecule has 0 unspecified atom stereocenters. The van der Waals surface area contributed by atoms with E-state index in [0.717, 1.165) is 26.2 Å². The van der Waals surface area contributed by atoms with Gasteiger partial charge in [-0.25, -0.2) is 0 Å². The Morgan fingerprint density at radius 2 is 1.79 bits per heavy atom. The van der Waals surface area contributed by atoms with Crippen molar-refractivity contribution in [1.29, 1.82) is 0 Å². The van der Waals surface area contributed by atoms with Crippen LogP contribution in [0.15, 0.2) is 30.3 Å². The summed E-state index contributed by atoms with van der Waals surface area (Å²) < 4.78 is 0. The highest BCUT2D eigenvalue weighted by Gasteiger charge is 2.17. The van der Waals surface area contributed by atoms with Gasteiger partial charge in [0.15, 0.2) is 0 Å². The number of nitrogens with one attached hydrogen (secondary N) is 1. The number of piperazine rings is 1. The molecule has 0 aromatic heterocycles. The molecule has 1 N–H and O–H groups in total. The molecular weight excluding hydrogens is 172 g/mol. The SMILES string of the molecule is C[C](c1ccccc1)N1CCNCC1. The van der Waals surface area contributed by atoms with Gasteiger partial charge in [0.05, 0.1) is 6.04 Å². The molecule has 2 nitrogen and oxygen atoms in total. The van der Waals surface area contributed by atoms with Gasteiger partial charge in [0.1, 0.15) is 0 Å². The molecule has 1 radical (unpaired) electrons. The normalized spacial score (nSPS) is 18.7. The summed E-state index contributed by atoms with van der Waals surface area (Å²) in [4.78, 5) is 2.45. The summed E-state index contributed by atoms with van der Waals surface area (Å²) in [6.45, 7) is 6.66. The fraction of sp³-hybridized carbons (Fsp3) is 0.417. The third-order valence-corrected chi connectivity index (χ3v) is 2.78. The van der Waals surface area contributed by atoms with Crippen LogP contribution in [0.1, 0.15) is 12.5 Å². The van der Waals surface area contributed by atoms with Crippen LogP contribution in [0, 0.1) is 6.04 Å². The molecule has 2 rings (SSSR count). The topological polar surface area (TPSA) is 15.3 Å². The van der Waals surface area contributed by atoms with E-state index in [4.69, 9.17) is 0 Å². The van der Waals surface area contributed by atoms with Crippen molar-refractivity contribution in [2.24, 2.45) is 0 Å². The van der Waals surface area contributed by atoms with Gasteiger partial charge in [-0.05, 0) is 12.5 Å². The molecule has 1 aliphatic heterocycles. The van der Waals surface area contributed by atoms with E-state index < -0.39 is 0 Å². The molecule has 0 spiro atoms. The van der Waals surface area contributed by atoms with E-state index in [1.807, 2.05) is 0 Å². The summed E-state index contributed by atoms with van der Waals surface area (Å²) in [5.74, 6) is 0. The van der Waals surface area contributed by atoms with Gasteiger partial charge >= 0.3 is 0 Å². The van der Waals surface area contributed by atoms with E-state index in [1.165, 1.54) is 11.6 Å². The van der Waals surface area contributed by atoms with Crippen molar-refractivity contribution in [3.8, 4) is 0 Å². The molecule has 0 aliphatic carbocycles. The Morgan fingerprint density at radius 3 is 2.43 bits per heavy atom. The molecule has 75 valence electrons. The number of hydrogen-bond acceptors (Lipinski definition) is 2. The zero-order chi connectivity index (χ0) is 9.80. The lowest BCUT2D eigenvalue weighted by Crippen LogP contribution is -2.44. The van der Waals surface area contributed by atoms with Crippen LogP contribution in [-0.2, 0) is 0 Å². The van der Waals surface area contributed by atoms with Gasteiger partial charge in [-0.15, -0.1) is 0 Å². The van der Waals surface area contributed by atoms with E-state index in [2.05, 4.69) is 47.5 Å². The van der Waals surface area contributed by atoms with Crippen LogP contribution in [0.3, 0.4) is 0 Å². The van der Waals surface area contributed by atoms with E-state index in [0.29, 0.717) is 0 Å². The van der Waals surface area contributed by atoms with Crippen molar-refractivity contribution in [2.75, 3.05) is 26.2 Å². The fourth-order valence-electron chi connectivity index (χ4n) is 1.86. The van der Waals surface area contributed by atoms with Crippen molar-refractivity contribution < 1.29 is 0 Å². The lowest BCUT2D eigenvalue weighted by Gasteiger charge is -2.32. The molecule has 0 saturated carbocycles. The highest BCUT2D eigenvalue weighted by atomic mass is 15.2. The standard InChI is InChI=1S/C12H17N2/c1-11(12-5-3-2-4-6-12)14-9-7-13-8-10-14/h2-6,13H,7-10H2,1H3. The third-order valence-electron chi connectivity index (χ3n) is 2.78. The quantitative estimate of drug-likeness (QED) is 0.758. The van der Waals surface area contributed by atoms with Gasteiger partial charge in [-0.1, -0.05) is 30.3 Å². The van der Waals surface area contributed by atoms with Crippen LogP contribution < -0.4 is 5.32 Å². The summed E-state index contributed by atoms with van der Waals surface area (Å²) >= 11 is 0. The summed E-state index contributed by atoms with van der Waals surface area (Å²) in [7, 11) is 0. The van der Waals surface area contributed by atoms with Crippen LogP contribution in [0.2, 0.25) is 0 Å². The first-order valence-electron chi connectivity index (χ1n) is 5.22. The summed E-state index contributed by atoms with van der Waals surface area (Å²) in [6, 6.07) is 12.0. The van der Waals surface area contributed by atoms with Gasteiger partial charge in [0.25, 0.3) is 0 Å². The van der Waals surface area contributed by atoms with Crippen molar-refractivity contribution in [1.82, 2.24) is 10.2 Å². The molecular formula is C12H17N2. The zero-order valence-electron chi connectivity index (χ0n) is 8.66. The van der Waals surface area contributed by atoms with Crippen molar-refractivity contribution in [3.05, 3.63) is 41.9 Å². The molecule has 1 heterocycles. The Balaban J connectivity index is 2.03. The van der Waals surface area contributed by atoms with E-state index in [-0.39, 0.29) is 0 Å². The first-order chi connectivity index (χ1) is 6.88. The Hall–Kier alpha value is -0.860. The molecule has 0 amide bonds. The Bertz CT molecular complexity index is 265. The molecule has 1 aromatic rings. The number of nitrogens with zero attached hydrogens (tertiary/aromatic N) is 1. The monoisotopic (exact) mass is 189 g/mol. The maximum absolute atomic E-state index is 3.37. The highest BCUT2D eigenvalue weighted by molar-refractivity contribution is 5.28. The minimum absolute atomic E-state index is 1.10. The van der Waals surface area contributed by atoms with E-state index in [1.54, 1.807) is 0 Å². The molecule has 0 bridgehead atoms. The summed E-state index contributed by atoms with van der Waals surface area (Å²) in [6.07, 6.45) is 0. The summed E-state index contributed by atoms with van der Waals surface area (Å²) in [5, 5.41) is 3.37. The number of rotatable bonds is 2. The minimum Gasteiger partial charge on any atom is -0.314 e. The first kappa shape index (κ1) is 9.69. The van der Waals surface area contributed by atoms with Crippen LogP contribution >= 0.6 is 0 Å². The number of benzene rings is 1. The Labute approximate surface area is 85.9 Å². The Kier molecular flexibility index (Phi) is 3.17. The van der Waals surface area contributed by atoms with Gasteiger partial charge in [0, 0.05) is 26.2 Å². The zero-order valence-corrected chi connectivity index (χ0v) is 8.66. The highest BCUT2D eigenvalue weighted by Crippen LogP contribution is 2.18. The summed E-state index contributed by atoms with van der Waals surface area (Å²) in [5.41, 5.74) is 1.34. The van der Waals surface area contributed by atoms with E-state index in [9.17, 15) is 0 Å².